The van der Waals surface area contributed by atoms with E-state index in [0.29, 0.717) is 11.4 Å². The number of carbonyl (C=O) groups is 2. The fraction of sp³-hybridized carbons (Fsp3) is 0.0833. The Hall–Kier alpha value is -3.23. The molecule has 0 radical (unpaired) electrons. The van der Waals surface area contributed by atoms with Crippen molar-refractivity contribution in [1.82, 2.24) is 9.97 Å². The molecule has 0 bridgehead atoms. The molecule has 2 rings (SSSR count). The van der Waals surface area contributed by atoms with Crippen LogP contribution in [0, 0.1) is 0 Å². The quantitative estimate of drug-likeness (QED) is 0.722. The molecular formula is C12H10N4O5. The van der Waals surface area contributed by atoms with E-state index in [0.717, 1.165) is 0 Å². The highest BCUT2D eigenvalue weighted by Crippen LogP contribution is 2.20. The number of nitrogens with zero attached hydrogens (tertiary/aromatic N) is 3. The third-order valence-corrected chi connectivity index (χ3v) is 2.44. The number of aromatic amines is 1. The topological polar surface area (TPSA) is 137 Å². The van der Waals surface area contributed by atoms with E-state index in [-0.39, 0.29) is 5.95 Å². The first-order valence-electron chi connectivity index (χ1n) is 5.63. The van der Waals surface area contributed by atoms with Gasteiger partial charge >= 0.3 is 11.9 Å². The first-order chi connectivity index (χ1) is 10.0. The number of aromatic nitrogens is 2. The third kappa shape index (κ3) is 3.21. The number of methoxy groups -OCH3 is 1. The van der Waals surface area contributed by atoms with Gasteiger partial charge < -0.3 is 19.9 Å². The van der Waals surface area contributed by atoms with Gasteiger partial charge in [0.05, 0.1) is 12.8 Å². The van der Waals surface area contributed by atoms with Gasteiger partial charge in [0, 0.05) is 0 Å². The van der Waals surface area contributed by atoms with Crippen molar-refractivity contribution in [1.29, 1.82) is 0 Å². The Labute approximate surface area is 117 Å². The minimum absolute atomic E-state index is 0.208. The van der Waals surface area contributed by atoms with Crippen molar-refractivity contribution in [3.63, 3.8) is 0 Å². The lowest BCUT2D eigenvalue weighted by Crippen LogP contribution is -2.07. The standard InChI is InChI=1S/C12H10N4O5/c1-21-7-4-2-6(3-5-7)15-16-12-13-8(10(17)18)9(14-12)11(19)20/h2-5H,1H3,(H,13,14)(H,17,18)(H,19,20). The van der Waals surface area contributed by atoms with Crippen molar-refractivity contribution in [2.45, 2.75) is 0 Å². The summed E-state index contributed by atoms with van der Waals surface area (Å²) in [5.41, 5.74) is -0.696. The number of benzene rings is 1. The Kier molecular flexibility index (Phi) is 3.93. The van der Waals surface area contributed by atoms with E-state index >= 15 is 0 Å². The fourth-order valence-electron chi connectivity index (χ4n) is 1.47. The van der Waals surface area contributed by atoms with Crippen LogP contribution < -0.4 is 4.74 Å². The summed E-state index contributed by atoms with van der Waals surface area (Å²) in [5, 5.41) is 25.2. The summed E-state index contributed by atoms with van der Waals surface area (Å²) in [6, 6.07) is 6.59. The van der Waals surface area contributed by atoms with Gasteiger partial charge in [0.25, 0.3) is 0 Å². The van der Waals surface area contributed by atoms with Gasteiger partial charge in [-0.1, -0.05) is 0 Å². The smallest absolute Gasteiger partial charge is 0.357 e. The van der Waals surface area contributed by atoms with Crippen LogP contribution in [0.5, 0.6) is 5.75 Å². The van der Waals surface area contributed by atoms with E-state index in [4.69, 9.17) is 14.9 Å². The average molecular weight is 290 g/mol. The van der Waals surface area contributed by atoms with Gasteiger partial charge in [-0.05, 0) is 24.3 Å². The molecule has 0 saturated carbocycles. The number of aromatic carboxylic acids is 2. The maximum Gasteiger partial charge on any atom is 0.357 e. The summed E-state index contributed by atoms with van der Waals surface area (Å²) in [7, 11) is 1.53. The van der Waals surface area contributed by atoms with Crippen LogP contribution in [0.15, 0.2) is 34.5 Å². The predicted octanol–water partition coefficient (Wildman–Crippen LogP) is 2.23. The van der Waals surface area contributed by atoms with E-state index < -0.39 is 23.3 Å². The molecule has 1 heterocycles. The number of imidazole rings is 1. The molecule has 3 N–H and O–H groups in total. The van der Waals surface area contributed by atoms with Crippen LogP contribution in [-0.2, 0) is 0 Å². The van der Waals surface area contributed by atoms with Gasteiger partial charge in [-0.25, -0.2) is 14.6 Å². The lowest BCUT2D eigenvalue weighted by molar-refractivity contribution is 0.0644. The SMILES string of the molecule is COc1ccc(N=Nc2nc(C(=O)O)c(C(=O)O)[nH]2)cc1. The molecule has 9 nitrogen and oxygen atoms in total. The van der Waals surface area contributed by atoms with Gasteiger partial charge in [-0.3, -0.25) is 0 Å². The van der Waals surface area contributed by atoms with Gasteiger partial charge in [0.2, 0.25) is 5.95 Å². The van der Waals surface area contributed by atoms with Gasteiger partial charge in [0.1, 0.15) is 5.75 Å². The number of azo groups is 1. The molecular weight excluding hydrogens is 280 g/mol. The van der Waals surface area contributed by atoms with Crippen molar-refractivity contribution in [3.8, 4) is 5.75 Å². The first kappa shape index (κ1) is 14.2. The lowest BCUT2D eigenvalue weighted by atomic mass is 10.3. The molecule has 108 valence electrons. The van der Waals surface area contributed by atoms with Gasteiger partial charge in [-0.15, -0.1) is 10.2 Å². The zero-order valence-electron chi connectivity index (χ0n) is 10.8. The van der Waals surface area contributed by atoms with Crippen molar-refractivity contribution >= 4 is 23.6 Å². The van der Waals surface area contributed by atoms with E-state index in [2.05, 4.69) is 20.2 Å². The van der Waals surface area contributed by atoms with Crippen LogP contribution in [0.4, 0.5) is 11.6 Å². The second-order valence-corrected chi connectivity index (χ2v) is 3.79. The Morgan fingerprint density at radius 3 is 2.29 bits per heavy atom. The third-order valence-electron chi connectivity index (χ3n) is 2.44. The monoisotopic (exact) mass is 290 g/mol. The molecule has 0 aliphatic carbocycles. The average Bonchev–Trinajstić information content (AvgIpc) is 2.90. The molecule has 0 aliphatic rings. The van der Waals surface area contributed by atoms with Crippen LogP contribution in [-0.4, -0.2) is 39.2 Å². The highest BCUT2D eigenvalue weighted by Gasteiger charge is 2.21. The molecule has 0 fully saturated rings. The number of nitrogens with one attached hydrogen (secondary N) is 1. The summed E-state index contributed by atoms with van der Waals surface area (Å²) in [6.07, 6.45) is 0. The second-order valence-electron chi connectivity index (χ2n) is 3.79. The summed E-state index contributed by atoms with van der Waals surface area (Å²) in [6.45, 7) is 0. The zero-order chi connectivity index (χ0) is 15.4. The molecule has 0 spiro atoms. The van der Waals surface area contributed by atoms with Crippen LogP contribution in [0.2, 0.25) is 0 Å². The van der Waals surface area contributed by atoms with Crippen LogP contribution in [0.25, 0.3) is 0 Å². The first-order valence-corrected chi connectivity index (χ1v) is 5.63. The van der Waals surface area contributed by atoms with Crippen molar-refractivity contribution in [2.75, 3.05) is 7.11 Å². The molecule has 9 heteroatoms. The van der Waals surface area contributed by atoms with Crippen LogP contribution in [0.1, 0.15) is 21.0 Å². The molecule has 0 aliphatic heterocycles. The Bertz CT molecular complexity index is 673. The predicted molar refractivity (Wildman–Crippen MR) is 69.7 cm³/mol. The molecule has 1 aromatic heterocycles. The maximum atomic E-state index is 10.9. The Balaban J connectivity index is 2.26. The van der Waals surface area contributed by atoms with Crippen molar-refractivity contribution < 1.29 is 24.5 Å². The van der Waals surface area contributed by atoms with Crippen molar-refractivity contribution in [2.24, 2.45) is 10.2 Å². The van der Waals surface area contributed by atoms with Gasteiger partial charge in [0.15, 0.2) is 11.4 Å². The summed E-state index contributed by atoms with van der Waals surface area (Å²) in [5.74, 6) is -2.46. The normalized spacial score (nSPS) is 10.7. The molecule has 0 saturated heterocycles. The largest absolute Gasteiger partial charge is 0.497 e. The van der Waals surface area contributed by atoms with Gasteiger partial charge in [-0.2, -0.15) is 0 Å². The minimum atomic E-state index is -1.46. The number of rotatable bonds is 5. The van der Waals surface area contributed by atoms with E-state index in [1.54, 1.807) is 24.3 Å². The molecule has 0 amide bonds. The summed E-state index contributed by atoms with van der Waals surface area (Å²) in [4.78, 5) is 27.6. The van der Waals surface area contributed by atoms with Crippen LogP contribution >= 0.6 is 0 Å². The molecule has 1 aromatic carbocycles. The lowest BCUT2D eigenvalue weighted by Gasteiger charge is -1.97. The summed E-state index contributed by atoms with van der Waals surface area (Å²) < 4.78 is 4.98. The number of H-pyrrole nitrogens is 1. The number of hydrogen-bond donors (Lipinski definition) is 3. The molecule has 2 aromatic rings. The fourth-order valence-corrected chi connectivity index (χ4v) is 1.47. The number of carboxylic acid groups (broad SMARTS) is 2. The second kappa shape index (κ2) is 5.82. The van der Waals surface area contributed by atoms with Crippen molar-refractivity contribution in [3.05, 3.63) is 35.7 Å². The highest BCUT2D eigenvalue weighted by molar-refractivity contribution is 5.99. The van der Waals surface area contributed by atoms with Crippen LogP contribution in [0.3, 0.4) is 0 Å². The van der Waals surface area contributed by atoms with E-state index in [1.165, 1.54) is 7.11 Å². The summed E-state index contributed by atoms with van der Waals surface area (Å²) >= 11 is 0. The number of carboxylic acids is 2. The zero-order valence-corrected chi connectivity index (χ0v) is 10.8. The maximum absolute atomic E-state index is 10.9. The Morgan fingerprint density at radius 2 is 1.81 bits per heavy atom. The van der Waals surface area contributed by atoms with E-state index in [1.807, 2.05) is 0 Å². The molecule has 0 atom stereocenters. The Morgan fingerprint density at radius 1 is 1.14 bits per heavy atom. The number of hydrogen-bond acceptors (Lipinski definition) is 6. The minimum Gasteiger partial charge on any atom is -0.497 e. The highest BCUT2D eigenvalue weighted by atomic mass is 16.5. The molecule has 0 unspecified atom stereocenters. The molecule has 21 heavy (non-hydrogen) atoms. The van der Waals surface area contributed by atoms with E-state index in [9.17, 15) is 9.59 Å². The number of ether oxygens (including phenoxy) is 1.